The van der Waals surface area contributed by atoms with Gasteiger partial charge < -0.3 is 9.84 Å². The molecule has 2 atom stereocenters. The smallest absolute Gasteiger partial charge is 0.122 e. The molecule has 0 saturated heterocycles. The van der Waals surface area contributed by atoms with Crippen molar-refractivity contribution in [1.82, 2.24) is 0 Å². The first-order chi connectivity index (χ1) is 10.1. The van der Waals surface area contributed by atoms with Crippen LogP contribution in [0.25, 0.3) is 0 Å². The zero-order chi connectivity index (χ0) is 14.8. The monoisotopic (exact) mass is 414 g/mol. The predicted octanol–water partition coefficient (Wildman–Crippen LogP) is 4.93. The van der Waals surface area contributed by atoms with Gasteiger partial charge in [0.25, 0.3) is 0 Å². The molecule has 2 aromatic carbocycles. The van der Waals surface area contributed by atoms with Crippen molar-refractivity contribution in [2.24, 2.45) is 0 Å². The second kappa shape index (κ2) is 6.55. The average Bonchev–Trinajstić information content (AvgIpc) is 2.50. The number of hydrogen-bond acceptors (Lipinski definition) is 2. The fraction of sp³-hybridized carbons (Fsp3) is 0.294. The summed E-state index contributed by atoms with van der Waals surface area (Å²) in [7, 11) is 0. The van der Waals surface area contributed by atoms with Crippen molar-refractivity contribution in [3.8, 4) is 5.75 Å². The Labute approximate surface area is 143 Å². The van der Waals surface area contributed by atoms with Gasteiger partial charge in [-0.05, 0) is 76.7 Å². The van der Waals surface area contributed by atoms with Gasteiger partial charge in [-0.3, -0.25) is 0 Å². The van der Waals surface area contributed by atoms with Crippen molar-refractivity contribution in [2.75, 3.05) is 6.61 Å². The molecule has 1 N–H and O–H groups in total. The van der Waals surface area contributed by atoms with E-state index in [0.29, 0.717) is 24.0 Å². The van der Waals surface area contributed by atoms with Crippen LogP contribution in [0.4, 0.5) is 0 Å². The fourth-order valence-corrected chi connectivity index (χ4v) is 3.70. The maximum atomic E-state index is 10.6. The fourth-order valence-electron chi connectivity index (χ4n) is 2.83. The molecule has 0 amide bonds. The summed E-state index contributed by atoms with van der Waals surface area (Å²) in [6, 6.07) is 13.8. The van der Waals surface area contributed by atoms with Crippen molar-refractivity contribution >= 4 is 34.2 Å². The van der Waals surface area contributed by atoms with Gasteiger partial charge >= 0.3 is 0 Å². The maximum Gasteiger partial charge on any atom is 0.122 e. The van der Waals surface area contributed by atoms with Crippen LogP contribution in [0, 0.1) is 3.57 Å². The molecule has 2 aromatic rings. The molecule has 0 radical (unpaired) electrons. The summed E-state index contributed by atoms with van der Waals surface area (Å²) in [5, 5.41) is 11.3. The number of benzene rings is 2. The van der Waals surface area contributed by atoms with Crippen molar-refractivity contribution in [1.29, 1.82) is 0 Å². The van der Waals surface area contributed by atoms with Crippen molar-refractivity contribution in [3.05, 3.63) is 62.2 Å². The second-order valence-corrected chi connectivity index (χ2v) is 6.89. The Balaban J connectivity index is 1.82. The quantitative estimate of drug-likeness (QED) is 0.721. The first-order valence-electron chi connectivity index (χ1n) is 7.00. The molecule has 1 heterocycles. The van der Waals surface area contributed by atoms with Gasteiger partial charge in [0, 0.05) is 8.59 Å². The maximum absolute atomic E-state index is 10.6. The summed E-state index contributed by atoms with van der Waals surface area (Å²) in [6.45, 7) is 0.709. The van der Waals surface area contributed by atoms with Crippen LogP contribution in [0.3, 0.4) is 0 Å². The summed E-state index contributed by atoms with van der Waals surface area (Å²) in [5.74, 6) is 1.27. The second-order valence-electron chi connectivity index (χ2n) is 5.29. The molecule has 2 nitrogen and oxygen atoms in total. The van der Waals surface area contributed by atoms with E-state index in [1.807, 2.05) is 36.4 Å². The van der Waals surface area contributed by atoms with E-state index < -0.39 is 6.10 Å². The lowest BCUT2D eigenvalue weighted by atomic mass is 9.86. The molecule has 21 heavy (non-hydrogen) atoms. The first-order valence-corrected chi connectivity index (χ1v) is 8.45. The SMILES string of the molecule is OC(CC1CCOc2ccccc21)c1cc(Cl)ccc1I. The molecule has 0 aromatic heterocycles. The highest BCUT2D eigenvalue weighted by Crippen LogP contribution is 2.39. The third kappa shape index (κ3) is 3.35. The Morgan fingerprint density at radius 1 is 1.29 bits per heavy atom. The van der Waals surface area contributed by atoms with Gasteiger partial charge in [0.15, 0.2) is 0 Å². The van der Waals surface area contributed by atoms with E-state index in [9.17, 15) is 5.11 Å². The number of rotatable bonds is 3. The normalized spacial score (nSPS) is 18.7. The van der Waals surface area contributed by atoms with E-state index in [2.05, 4.69) is 28.7 Å². The Bertz CT molecular complexity index is 644. The Kier molecular flexibility index (Phi) is 4.72. The molecule has 4 heteroatoms. The molecule has 0 saturated carbocycles. The average molecular weight is 415 g/mol. The highest BCUT2D eigenvalue weighted by atomic mass is 127. The minimum Gasteiger partial charge on any atom is -0.493 e. The molecule has 110 valence electrons. The van der Waals surface area contributed by atoms with Crippen LogP contribution >= 0.6 is 34.2 Å². The lowest BCUT2D eigenvalue weighted by Crippen LogP contribution is -2.16. The molecule has 2 unspecified atom stereocenters. The Morgan fingerprint density at radius 3 is 2.95 bits per heavy atom. The number of fused-ring (bicyclic) bond motifs is 1. The zero-order valence-electron chi connectivity index (χ0n) is 11.4. The number of ether oxygens (including phenoxy) is 1. The number of aliphatic hydroxyl groups excluding tert-OH is 1. The summed E-state index contributed by atoms with van der Waals surface area (Å²) >= 11 is 8.29. The molecule has 0 spiro atoms. The van der Waals surface area contributed by atoms with Crippen LogP contribution in [0.15, 0.2) is 42.5 Å². The van der Waals surface area contributed by atoms with Gasteiger partial charge in [0.05, 0.1) is 12.7 Å². The lowest BCUT2D eigenvalue weighted by molar-refractivity contribution is 0.144. The van der Waals surface area contributed by atoms with Crippen LogP contribution in [-0.4, -0.2) is 11.7 Å². The van der Waals surface area contributed by atoms with Gasteiger partial charge in [-0.25, -0.2) is 0 Å². The van der Waals surface area contributed by atoms with Crippen LogP contribution in [0.1, 0.15) is 36.0 Å². The van der Waals surface area contributed by atoms with Gasteiger partial charge in [-0.2, -0.15) is 0 Å². The Morgan fingerprint density at radius 2 is 2.10 bits per heavy atom. The molecule has 0 fully saturated rings. The molecular formula is C17H16ClIO2. The van der Waals surface area contributed by atoms with E-state index in [4.69, 9.17) is 16.3 Å². The third-order valence-electron chi connectivity index (χ3n) is 3.91. The number of hydrogen-bond donors (Lipinski definition) is 1. The van der Waals surface area contributed by atoms with Gasteiger partial charge in [-0.1, -0.05) is 29.8 Å². The van der Waals surface area contributed by atoms with Crippen molar-refractivity contribution in [3.63, 3.8) is 0 Å². The highest BCUT2D eigenvalue weighted by Gasteiger charge is 2.25. The molecule has 1 aliphatic heterocycles. The molecule has 0 bridgehead atoms. The summed E-state index contributed by atoms with van der Waals surface area (Å²) in [5.41, 5.74) is 2.10. The van der Waals surface area contributed by atoms with Crippen LogP contribution < -0.4 is 4.74 Å². The molecule has 0 aliphatic carbocycles. The topological polar surface area (TPSA) is 29.5 Å². The van der Waals surface area contributed by atoms with Gasteiger partial charge in [0.2, 0.25) is 0 Å². The summed E-state index contributed by atoms with van der Waals surface area (Å²) < 4.78 is 6.73. The minimum atomic E-state index is -0.508. The van der Waals surface area contributed by atoms with Gasteiger partial charge in [0.1, 0.15) is 5.75 Å². The van der Waals surface area contributed by atoms with Crippen LogP contribution in [0.2, 0.25) is 5.02 Å². The van der Waals surface area contributed by atoms with E-state index >= 15 is 0 Å². The van der Waals surface area contributed by atoms with E-state index in [1.54, 1.807) is 0 Å². The van der Waals surface area contributed by atoms with E-state index in [-0.39, 0.29) is 0 Å². The van der Waals surface area contributed by atoms with E-state index in [0.717, 1.165) is 21.3 Å². The Hall–Kier alpha value is -0.780. The predicted molar refractivity (Wildman–Crippen MR) is 93.0 cm³/mol. The third-order valence-corrected chi connectivity index (χ3v) is 5.13. The standard InChI is InChI=1S/C17H16ClIO2/c18-12-5-6-15(19)14(10-12)16(20)9-11-7-8-21-17-4-2-1-3-13(11)17/h1-6,10-11,16,20H,7-9H2. The largest absolute Gasteiger partial charge is 0.493 e. The highest BCUT2D eigenvalue weighted by molar-refractivity contribution is 14.1. The molecule has 3 rings (SSSR count). The summed E-state index contributed by atoms with van der Waals surface area (Å²) in [6.07, 6.45) is 1.12. The number of halogens is 2. The lowest BCUT2D eigenvalue weighted by Gasteiger charge is -2.27. The van der Waals surface area contributed by atoms with E-state index in [1.165, 1.54) is 5.56 Å². The first kappa shape index (κ1) is 15.1. The number of aliphatic hydroxyl groups is 1. The van der Waals surface area contributed by atoms with Crippen LogP contribution in [-0.2, 0) is 0 Å². The van der Waals surface area contributed by atoms with Crippen molar-refractivity contribution in [2.45, 2.75) is 24.9 Å². The zero-order valence-corrected chi connectivity index (χ0v) is 14.3. The molecule has 1 aliphatic rings. The van der Waals surface area contributed by atoms with Gasteiger partial charge in [-0.15, -0.1) is 0 Å². The number of para-hydroxylation sites is 1. The molecular weight excluding hydrogens is 399 g/mol. The van der Waals surface area contributed by atoms with Crippen LogP contribution in [0.5, 0.6) is 5.75 Å². The summed E-state index contributed by atoms with van der Waals surface area (Å²) in [4.78, 5) is 0. The van der Waals surface area contributed by atoms with Crippen molar-refractivity contribution < 1.29 is 9.84 Å². The minimum absolute atomic E-state index is 0.319.